The van der Waals surface area contributed by atoms with E-state index >= 15 is 0 Å². The number of likely N-dealkylation sites (tertiary alicyclic amines) is 1. The van der Waals surface area contributed by atoms with Crippen LogP contribution >= 0.6 is 22.7 Å². The summed E-state index contributed by atoms with van der Waals surface area (Å²) in [5, 5.41) is 4.13. The number of nitrogens with zero attached hydrogens (tertiary/aromatic N) is 3. The molecule has 30 heavy (non-hydrogen) atoms. The summed E-state index contributed by atoms with van der Waals surface area (Å²) in [4.78, 5) is 33.6. The van der Waals surface area contributed by atoms with Gasteiger partial charge in [0.25, 0.3) is 0 Å². The molecular weight excluding hydrogens is 421 g/mol. The van der Waals surface area contributed by atoms with Gasteiger partial charge in [-0.05, 0) is 42.5 Å². The SMILES string of the molecule is CC(=O)N(c1nc(/C=C/C(=O)N2CCCC2c2cccs2)cs1)c1ccccc1F. The molecule has 0 saturated carbocycles. The molecule has 2 aromatic heterocycles. The van der Waals surface area contributed by atoms with Crippen LogP contribution in [0, 0.1) is 5.82 Å². The van der Waals surface area contributed by atoms with Gasteiger partial charge < -0.3 is 4.90 Å². The fourth-order valence-electron chi connectivity index (χ4n) is 3.56. The number of amides is 2. The molecule has 2 amide bonds. The van der Waals surface area contributed by atoms with Crippen molar-refractivity contribution in [3.63, 3.8) is 0 Å². The fraction of sp³-hybridized carbons (Fsp3) is 0.227. The van der Waals surface area contributed by atoms with E-state index in [9.17, 15) is 14.0 Å². The Hall–Kier alpha value is -2.84. The van der Waals surface area contributed by atoms with Crippen molar-refractivity contribution in [3.8, 4) is 0 Å². The fourth-order valence-corrected chi connectivity index (χ4v) is 5.28. The average molecular weight is 442 g/mol. The van der Waals surface area contributed by atoms with Gasteiger partial charge in [-0.15, -0.1) is 22.7 Å². The summed E-state index contributed by atoms with van der Waals surface area (Å²) < 4.78 is 14.2. The third-order valence-corrected chi connectivity index (χ3v) is 6.73. The summed E-state index contributed by atoms with van der Waals surface area (Å²) >= 11 is 2.89. The van der Waals surface area contributed by atoms with Crippen molar-refractivity contribution in [3.05, 3.63) is 69.6 Å². The van der Waals surface area contributed by atoms with Crippen molar-refractivity contribution in [1.82, 2.24) is 9.88 Å². The number of aromatic nitrogens is 1. The van der Waals surface area contributed by atoms with Gasteiger partial charge in [-0.25, -0.2) is 9.37 Å². The Bertz CT molecular complexity index is 1080. The summed E-state index contributed by atoms with van der Waals surface area (Å²) in [6, 6.07) is 10.3. The van der Waals surface area contributed by atoms with Crippen LogP contribution in [-0.4, -0.2) is 28.2 Å². The zero-order valence-electron chi connectivity index (χ0n) is 16.3. The number of hydrogen-bond donors (Lipinski definition) is 0. The molecule has 154 valence electrons. The van der Waals surface area contributed by atoms with Gasteiger partial charge in [0.1, 0.15) is 5.82 Å². The second kappa shape index (κ2) is 8.89. The third-order valence-electron chi connectivity index (χ3n) is 4.91. The van der Waals surface area contributed by atoms with E-state index in [0.717, 1.165) is 19.4 Å². The number of thiazole rings is 1. The molecule has 1 unspecified atom stereocenters. The highest BCUT2D eigenvalue weighted by atomic mass is 32.1. The molecule has 1 atom stereocenters. The van der Waals surface area contributed by atoms with Gasteiger partial charge in [0.05, 0.1) is 17.4 Å². The number of rotatable bonds is 5. The van der Waals surface area contributed by atoms with Crippen LogP contribution in [-0.2, 0) is 9.59 Å². The average Bonchev–Trinajstić information content (AvgIpc) is 3.48. The first kappa shape index (κ1) is 20.4. The lowest BCUT2D eigenvalue weighted by atomic mass is 10.2. The van der Waals surface area contributed by atoms with Gasteiger partial charge in [0, 0.05) is 29.8 Å². The molecule has 3 heterocycles. The van der Waals surface area contributed by atoms with Gasteiger partial charge in [-0.2, -0.15) is 0 Å². The minimum absolute atomic E-state index is 0.0574. The van der Waals surface area contributed by atoms with Crippen molar-refractivity contribution >= 4 is 51.4 Å². The Balaban J connectivity index is 1.51. The quantitative estimate of drug-likeness (QED) is 0.498. The number of halogens is 1. The van der Waals surface area contributed by atoms with Crippen molar-refractivity contribution in [2.24, 2.45) is 0 Å². The first-order valence-electron chi connectivity index (χ1n) is 9.57. The lowest BCUT2D eigenvalue weighted by Gasteiger charge is -2.22. The van der Waals surface area contributed by atoms with Crippen molar-refractivity contribution in [2.45, 2.75) is 25.8 Å². The Morgan fingerprint density at radius 1 is 1.23 bits per heavy atom. The van der Waals surface area contributed by atoms with Crippen molar-refractivity contribution in [2.75, 3.05) is 11.4 Å². The van der Waals surface area contributed by atoms with Gasteiger partial charge in [-0.1, -0.05) is 18.2 Å². The zero-order chi connectivity index (χ0) is 21.1. The van der Waals surface area contributed by atoms with Crippen LogP contribution in [0.15, 0.2) is 53.2 Å². The van der Waals surface area contributed by atoms with E-state index in [1.807, 2.05) is 16.3 Å². The number of anilines is 2. The molecule has 8 heteroatoms. The second-order valence-corrected chi connectivity index (χ2v) is 8.72. The zero-order valence-corrected chi connectivity index (χ0v) is 18.0. The molecule has 0 radical (unpaired) electrons. The molecule has 3 aromatic rings. The highest BCUT2D eigenvalue weighted by Gasteiger charge is 2.29. The van der Waals surface area contributed by atoms with E-state index in [2.05, 4.69) is 11.1 Å². The summed E-state index contributed by atoms with van der Waals surface area (Å²) in [7, 11) is 0. The van der Waals surface area contributed by atoms with Crippen LogP contribution in [0.3, 0.4) is 0 Å². The summed E-state index contributed by atoms with van der Waals surface area (Å²) in [6.07, 6.45) is 5.12. The maximum atomic E-state index is 14.2. The normalized spacial score (nSPS) is 16.3. The minimum atomic E-state index is -0.496. The molecule has 1 aromatic carbocycles. The summed E-state index contributed by atoms with van der Waals surface area (Å²) in [5.41, 5.74) is 0.708. The molecule has 0 aliphatic carbocycles. The number of thiophene rings is 1. The number of benzene rings is 1. The maximum absolute atomic E-state index is 14.2. The molecule has 0 bridgehead atoms. The third kappa shape index (κ3) is 4.20. The standard InChI is InChI=1S/C22H20FN3O2S2/c1-15(27)26(18-7-3-2-6-17(18)23)22-24-16(14-30-22)10-11-21(28)25-12-4-8-19(25)20-9-5-13-29-20/h2-3,5-7,9-11,13-14,19H,4,8,12H2,1H3/b11-10+. The highest BCUT2D eigenvalue weighted by Crippen LogP contribution is 2.35. The van der Waals surface area contributed by atoms with Gasteiger partial charge in [0.15, 0.2) is 5.13 Å². The van der Waals surface area contributed by atoms with Gasteiger partial charge in [0.2, 0.25) is 11.8 Å². The van der Waals surface area contributed by atoms with Gasteiger partial charge >= 0.3 is 0 Å². The van der Waals surface area contributed by atoms with Crippen LogP contribution in [0.5, 0.6) is 0 Å². The first-order chi connectivity index (χ1) is 14.5. The predicted octanol–water partition coefficient (Wildman–Crippen LogP) is 5.41. The van der Waals surface area contributed by atoms with E-state index in [4.69, 9.17) is 0 Å². The van der Waals surface area contributed by atoms with Crippen LogP contribution < -0.4 is 4.90 Å². The molecule has 1 fully saturated rings. The lowest BCUT2D eigenvalue weighted by molar-refractivity contribution is -0.126. The van der Waals surface area contributed by atoms with E-state index in [1.165, 1.54) is 46.2 Å². The Kier molecular flexibility index (Phi) is 6.06. The minimum Gasteiger partial charge on any atom is -0.331 e. The first-order valence-corrected chi connectivity index (χ1v) is 11.3. The van der Waals surface area contributed by atoms with Crippen LogP contribution in [0.1, 0.15) is 36.4 Å². The molecule has 0 spiro atoms. The largest absolute Gasteiger partial charge is 0.331 e. The van der Waals surface area contributed by atoms with Crippen LogP contribution in [0.2, 0.25) is 0 Å². The topological polar surface area (TPSA) is 53.5 Å². The Labute approximate surface area is 182 Å². The van der Waals surface area contributed by atoms with Crippen molar-refractivity contribution in [1.29, 1.82) is 0 Å². The molecule has 5 nitrogen and oxygen atoms in total. The molecule has 1 aliphatic rings. The van der Waals surface area contributed by atoms with E-state index in [-0.39, 0.29) is 23.5 Å². The monoisotopic (exact) mass is 441 g/mol. The van der Waals surface area contributed by atoms with Gasteiger partial charge in [-0.3, -0.25) is 14.5 Å². The highest BCUT2D eigenvalue weighted by molar-refractivity contribution is 7.14. The molecule has 4 rings (SSSR count). The maximum Gasteiger partial charge on any atom is 0.247 e. The molecular formula is C22H20FN3O2S2. The van der Waals surface area contributed by atoms with E-state index in [0.29, 0.717) is 10.8 Å². The summed E-state index contributed by atoms with van der Waals surface area (Å²) in [5.74, 6) is -0.890. The Morgan fingerprint density at radius 3 is 2.80 bits per heavy atom. The number of para-hydroxylation sites is 1. The van der Waals surface area contributed by atoms with Crippen LogP contribution in [0.25, 0.3) is 6.08 Å². The number of hydrogen-bond acceptors (Lipinski definition) is 5. The van der Waals surface area contributed by atoms with E-state index in [1.54, 1.807) is 34.9 Å². The Morgan fingerprint density at radius 2 is 2.07 bits per heavy atom. The lowest BCUT2D eigenvalue weighted by Crippen LogP contribution is -2.28. The van der Waals surface area contributed by atoms with Crippen molar-refractivity contribution < 1.29 is 14.0 Å². The number of carbonyl (C=O) groups is 2. The number of carbonyl (C=O) groups excluding carboxylic acids is 2. The van der Waals surface area contributed by atoms with Crippen LogP contribution in [0.4, 0.5) is 15.2 Å². The molecule has 0 N–H and O–H groups in total. The smallest absolute Gasteiger partial charge is 0.247 e. The predicted molar refractivity (Wildman–Crippen MR) is 118 cm³/mol. The molecule has 1 saturated heterocycles. The molecule has 1 aliphatic heterocycles. The van der Waals surface area contributed by atoms with E-state index < -0.39 is 5.82 Å². The second-order valence-electron chi connectivity index (χ2n) is 6.90. The summed E-state index contributed by atoms with van der Waals surface area (Å²) in [6.45, 7) is 2.10.